The molecule has 28 heavy (non-hydrogen) atoms. The minimum Gasteiger partial charge on any atom is -0.445 e. The van der Waals surface area contributed by atoms with Crippen LogP contribution in [0.25, 0.3) is 0 Å². The molecule has 2 atom stereocenters. The zero-order chi connectivity index (χ0) is 20.1. The van der Waals surface area contributed by atoms with Crippen molar-refractivity contribution in [3.63, 3.8) is 0 Å². The number of piperidine rings is 1. The van der Waals surface area contributed by atoms with Crippen molar-refractivity contribution in [2.75, 3.05) is 13.2 Å². The van der Waals surface area contributed by atoms with Crippen molar-refractivity contribution in [1.82, 2.24) is 15.5 Å². The van der Waals surface area contributed by atoms with Gasteiger partial charge < -0.3 is 20.3 Å². The number of carbonyl (C=O) groups is 3. The highest BCUT2D eigenvalue weighted by molar-refractivity contribution is 6.30. The van der Waals surface area contributed by atoms with Crippen LogP contribution in [0.2, 0.25) is 5.02 Å². The monoisotopic (exact) mass is 405 g/mol. The lowest BCUT2D eigenvalue weighted by Gasteiger charge is -2.38. The Balaban J connectivity index is 1.46. The van der Waals surface area contributed by atoms with Crippen LogP contribution in [-0.4, -0.2) is 54.1 Å². The fourth-order valence-electron chi connectivity index (χ4n) is 3.97. The Hall–Kier alpha value is -2.54. The zero-order valence-electron chi connectivity index (χ0n) is 15.5. The van der Waals surface area contributed by atoms with Crippen molar-refractivity contribution in [1.29, 1.82) is 0 Å². The van der Waals surface area contributed by atoms with Crippen LogP contribution in [0.4, 0.5) is 4.79 Å². The molecule has 8 heteroatoms. The normalized spacial score (nSPS) is 23.0. The lowest BCUT2D eigenvalue weighted by Crippen LogP contribution is -2.53. The number of rotatable bonds is 6. The van der Waals surface area contributed by atoms with Crippen LogP contribution >= 0.6 is 11.6 Å². The van der Waals surface area contributed by atoms with E-state index in [0.717, 1.165) is 12.8 Å². The van der Waals surface area contributed by atoms with Gasteiger partial charge in [-0.2, -0.15) is 0 Å². The summed E-state index contributed by atoms with van der Waals surface area (Å²) in [7, 11) is 0. The molecular weight excluding hydrogens is 382 g/mol. The summed E-state index contributed by atoms with van der Waals surface area (Å²) in [4.78, 5) is 38.3. The number of nitrogens with zero attached hydrogens (tertiary/aromatic N) is 1. The molecule has 2 bridgehead atoms. The van der Waals surface area contributed by atoms with Crippen molar-refractivity contribution >= 4 is 29.5 Å². The molecule has 7 nitrogen and oxygen atoms in total. The number of benzene rings is 1. The first-order chi connectivity index (χ1) is 13.5. The molecule has 2 unspecified atom stereocenters. The number of halogens is 1. The van der Waals surface area contributed by atoms with Gasteiger partial charge in [0.2, 0.25) is 5.91 Å². The highest BCUT2D eigenvalue weighted by Crippen LogP contribution is 2.36. The van der Waals surface area contributed by atoms with Crippen LogP contribution in [0.1, 0.15) is 36.0 Å². The summed E-state index contributed by atoms with van der Waals surface area (Å²) in [6.07, 6.45) is 4.43. The van der Waals surface area contributed by atoms with E-state index in [4.69, 9.17) is 16.3 Å². The van der Waals surface area contributed by atoms with Crippen molar-refractivity contribution in [3.05, 3.63) is 47.5 Å². The Morgan fingerprint density at radius 3 is 2.61 bits per heavy atom. The van der Waals surface area contributed by atoms with Crippen LogP contribution in [0, 0.1) is 0 Å². The lowest BCUT2D eigenvalue weighted by atomic mass is 9.98. The maximum atomic E-state index is 12.2. The first-order valence-corrected chi connectivity index (χ1v) is 9.75. The summed E-state index contributed by atoms with van der Waals surface area (Å²) < 4.78 is 5.17. The number of nitrogens with one attached hydrogen (secondary N) is 2. The van der Waals surface area contributed by atoms with E-state index in [9.17, 15) is 14.4 Å². The Morgan fingerprint density at radius 1 is 1.25 bits per heavy atom. The molecule has 0 radical (unpaired) electrons. The lowest BCUT2D eigenvalue weighted by molar-refractivity contribution is -0.121. The van der Waals surface area contributed by atoms with Crippen LogP contribution in [0.5, 0.6) is 0 Å². The van der Waals surface area contributed by atoms with Crippen molar-refractivity contribution in [3.8, 4) is 0 Å². The third-order valence-electron chi connectivity index (χ3n) is 5.13. The fourth-order valence-corrected chi connectivity index (χ4v) is 4.16. The van der Waals surface area contributed by atoms with E-state index in [1.807, 2.05) is 0 Å². The van der Waals surface area contributed by atoms with E-state index in [2.05, 4.69) is 17.2 Å². The van der Waals surface area contributed by atoms with Gasteiger partial charge in [-0.15, -0.1) is 0 Å². The van der Waals surface area contributed by atoms with E-state index in [1.54, 1.807) is 35.2 Å². The summed E-state index contributed by atoms with van der Waals surface area (Å²) in [6.45, 7) is 3.64. The molecule has 0 aromatic heterocycles. The number of fused-ring (bicyclic) bond motifs is 2. The molecule has 2 aliphatic heterocycles. The van der Waals surface area contributed by atoms with Crippen molar-refractivity contribution in [2.24, 2.45) is 0 Å². The van der Waals surface area contributed by atoms with Gasteiger partial charge >= 0.3 is 6.09 Å². The molecule has 0 spiro atoms. The number of hydrogen-bond donors (Lipinski definition) is 2. The molecule has 1 aromatic rings. The number of ether oxygens (including phenoxy) is 1. The average molecular weight is 406 g/mol. The Bertz CT molecular complexity index is 756. The van der Waals surface area contributed by atoms with E-state index in [1.165, 1.54) is 0 Å². The van der Waals surface area contributed by atoms with Gasteiger partial charge in [-0.05, 0) is 43.9 Å². The standard InChI is InChI=1S/C20H24ClN3O4/c1-2-8-28-20(27)24-16-6-7-17(24)11-15(10-16)23-18(25)12-22-19(26)13-4-3-5-14(21)9-13/h2-5,9,15-17H,1,6-8,10-12H2,(H,22,26)(H,23,25). The van der Waals surface area contributed by atoms with E-state index < -0.39 is 0 Å². The van der Waals surface area contributed by atoms with Crippen molar-refractivity contribution in [2.45, 2.75) is 43.8 Å². The summed E-state index contributed by atoms with van der Waals surface area (Å²) >= 11 is 5.87. The zero-order valence-corrected chi connectivity index (χ0v) is 16.3. The quantitative estimate of drug-likeness (QED) is 0.712. The SMILES string of the molecule is C=CCOC(=O)N1C2CCC1CC(NC(=O)CNC(=O)c1cccc(Cl)c1)C2. The highest BCUT2D eigenvalue weighted by Gasteiger charge is 2.44. The molecule has 3 rings (SSSR count). The molecule has 0 aliphatic carbocycles. The first-order valence-electron chi connectivity index (χ1n) is 9.37. The highest BCUT2D eigenvalue weighted by atomic mass is 35.5. The summed E-state index contributed by atoms with van der Waals surface area (Å²) in [5.41, 5.74) is 0.407. The smallest absolute Gasteiger partial charge is 0.410 e. The van der Waals surface area contributed by atoms with Crippen LogP contribution in [0.3, 0.4) is 0 Å². The first kappa shape index (κ1) is 20.2. The molecule has 2 heterocycles. The topological polar surface area (TPSA) is 87.7 Å². The van der Waals surface area contributed by atoms with Gasteiger partial charge in [-0.1, -0.05) is 30.3 Å². The van der Waals surface area contributed by atoms with Gasteiger partial charge in [0.15, 0.2) is 0 Å². The summed E-state index contributed by atoms with van der Waals surface area (Å²) in [6, 6.07) is 6.67. The number of amides is 3. The van der Waals surface area contributed by atoms with E-state index in [-0.39, 0.29) is 49.2 Å². The predicted octanol–water partition coefficient (Wildman–Crippen LogP) is 2.50. The third-order valence-corrected chi connectivity index (χ3v) is 5.37. The Labute approximate surface area is 169 Å². The molecule has 2 saturated heterocycles. The second-order valence-corrected chi connectivity index (χ2v) is 7.52. The Morgan fingerprint density at radius 2 is 1.96 bits per heavy atom. The minimum atomic E-state index is -0.350. The van der Waals surface area contributed by atoms with Gasteiger partial charge in [0, 0.05) is 28.7 Å². The molecule has 0 saturated carbocycles. The van der Waals surface area contributed by atoms with E-state index >= 15 is 0 Å². The minimum absolute atomic E-state index is 0.0171. The predicted molar refractivity (Wildman–Crippen MR) is 105 cm³/mol. The molecule has 2 aliphatic rings. The largest absolute Gasteiger partial charge is 0.445 e. The van der Waals surface area contributed by atoms with Gasteiger partial charge in [-0.25, -0.2) is 4.79 Å². The maximum Gasteiger partial charge on any atom is 0.410 e. The number of carbonyl (C=O) groups excluding carboxylic acids is 3. The molecule has 2 N–H and O–H groups in total. The van der Waals surface area contributed by atoms with Crippen LogP contribution in [-0.2, 0) is 9.53 Å². The summed E-state index contributed by atoms with van der Waals surface area (Å²) in [5.74, 6) is -0.597. The molecule has 150 valence electrons. The summed E-state index contributed by atoms with van der Waals surface area (Å²) in [5, 5.41) is 6.03. The molecule has 3 amide bonds. The van der Waals surface area contributed by atoms with Gasteiger partial charge in [0.1, 0.15) is 6.61 Å². The average Bonchev–Trinajstić information content (AvgIpc) is 2.95. The third kappa shape index (κ3) is 4.84. The van der Waals surface area contributed by atoms with Crippen molar-refractivity contribution < 1.29 is 19.1 Å². The van der Waals surface area contributed by atoms with Crippen LogP contribution in [0.15, 0.2) is 36.9 Å². The Kier molecular flexibility index (Phi) is 6.57. The van der Waals surface area contributed by atoms with Gasteiger partial charge in [-0.3, -0.25) is 9.59 Å². The number of hydrogen-bond acceptors (Lipinski definition) is 4. The molecule has 1 aromatic carbocycles. The molecule has 2 fully saturated rings. The van der Waals surface area contributed by atoms with Crippen LogP contribution < -0.4 is 10.6 Å². The maximum absolute atomic E-state index is 12.2. The van der Waals surface area contributed by atoms with Gasteiger partial charge in [0.25, 0.3) is 5.91 Å². The second kappa shape index (κ2) is 9.10. The second-order valence-electron chi connectivity index (χ2n) is 7.09. The molecular formula is C20H24ClN3O4. The fraction of sp³-hybridized carbons (Fsp3) is 0.450. The van der Waals surface area contributed by atoms with Gasteiger partial charge in [0.05, 0.1) is 6.54 Å². The van der Waals surface area contributed by atoms with E-state index in [0.29, 0.717) is 23.4 Å².